The zero-order chi connectivity index (χ0) is 15.4. The maximum Gasteiger partial charge on any atom is 0.340 e. The second-order valence-electron chi connectivity index (χ2n) is 4.48. The Labute approximate surface area is 125 Å². The fourth-order valence-electron chi connectivity index (χ4n) is 2.23. The van der Waals surface area contributed by atoms with Crippen LogP contribution in [0.5, 0.6) is 0 Å². The van der Waals surface area contributed by atoms with Gasteiger partial charge in [0.05, 0.1) is 18.4 Å². The number of anilines is 1. The molecule has 1 atom stereocenters. The molecule has 1 aromatic rings. The number of hydrogen-bond acceptors (Lipinski definition) is 5. The first-order valence-electron chi connectivity index (χ1n) is 6.12. The van der Waals surface area contributed by atoms with Crippen LogP contribution in [0.2, 0.25) is 5.15 Å². The van der Waals surface area contributed by atoms with E-state index in [1.54, 1.807) is 0 Å². The maximum absolute atomic E-state index is 12.1. The van der Waals surface area contributed by atoms with Crippen molar-refractivity contribution in [2.24, 2.45) is 11.0 Å². The average molecular weight is 310 g/mol. The predicted octanol–water partition coefficient (Wildman–Crippen LogP) is 2.18. The Hall–Kier alpha value is -2.31. The van der Waals surface area contributed by atoms with Crippen LogP contribution in [-0.2, 0) is 9.53 Å². The molecule has 110 valence electrons. The van der Waals surface area contributed by atoms with E-state index in [9.17, 15) is 9.59 Å². The van der Waals surface area contributed by atoms with Crippen LogP contribution in [0.1, 0.15) is 16.8 Å². The van der Waals surface area contributed by atoms with Gasteiger partial charge in [0.2, 0.25) is 5.91 Å². The number of carbonyl (C=O) groups is 2. The molecule has 1 aliphatic heterocycles. The highest BCUT2D eigenvalue weighted by Gasteiger charge is 2.34. The molecule has 0 spiro atoms. The van der Waals surface area contributed by atoms with Gasteiger partial charge in [-0.1, -0.05) is 16.7 Å². The molecule has 1 unspecified atom stereocenters. The van der Waals surface area contributed by atoms with E-state index in [0.717, 1.165) is 0 Å². The molecule has 2 rings (SSSR count). The van der Waals surface area contributed by atoms with Gasteiger partial charge in [0.15, 0.2) is 5.15 Å². The minimum absolute atomic E-state index is 0.0516. The Morgan fingerprint density at radius 2 is 2.48 bits per heavy atom. The first-order valence-corrected chi connectivity index (χ1v) is 6.50. The van der Waals surface area contributed by atoms with Crippen molar-refractivity contribution in [3.63, 3.8) is 0 Å². The molecule has 0 radical (unpaired) electrons. The third kappa shape index (κ3) is 3.07. The Morgan fingerprint density at radius 3 is 3.14 bits per heavy atom. The quantitative estimate of drug-likeness (QED) is 0.279. The highest BCUT2D eigenvalue weighted by Crippen LogP contribution is 2.33. The molecule has 21 heavy (non-hydrogen) atoms. The minimum atomic E-state index is -0.597. The van der Waals surface area contributed by atoms with Crippen LogP contribution in [-0.4, -0.2) is 37.1 Å². The van der Waals surface area contributed by atoms with E-state index in [0.29, 0.717) is 6.54 Å². The summed E-state index contributed by atoms with van der Waals surface area (Å²) in [6.07, 6.45) is 1.60. The molecule has 0 saturated carbocycles. The van der Waals surface area contributed by atoms with Crippen LogP contribution in [0.15, 0.2) is 17.4 Å². The maximum atomic E-state index is 12.1. The molecule has 1 aromatic heterocycles. The summed E-state index contributed by atoms with van der Waals surface area (Å²) >= 11 is 6.03. The van der Waals surface area contributed by atoms with Crippen LogP contribution >= 0.6 is 11.6 Å². The van der Waals surface area contributed by atoms with E-state index in [4.69, 9.17) is 17.1 Å². The lowest BCUT2D eigenvalue weighted by Crippen LogP contribution is -2.27. The van der Waals surface area contributed by atoms with Gasteiger partial charge < -0.3 is 9.64 Å². The van der Waals surface area contributed by atoms with E-state index >= 15 is 0 Å². The van der Waals surface area contributed by atoms with Gasteiger partial charge in [-0.05, 0) is 17.5 Å². The van der Waals surface area contributed by atoms with Crippen LogP contribution in [0.3, 0.4) is 0 Å². The number of methoxy groups -OCH3 is 1. The highest BCUT2D eigenvalue weighted by atomic mass is 35.5. The monoisotopic (exact) mass is 309 g/mol. The summed E-state index contributed by atoms with van der Waals surface area (Å²) in [6.45, 7) is 0.525. The van der Waals surface area contributed by atoms with Gasteiger partial charge in [0, 0.05) is 30.6 Å². The van der Waals surface area contributed by atoms with Crippen LogP contribution in [0.25, 0.3) is 10.4 Å². The topological polar surface area (TPSA) is 108 Å². The average Bonchev–Trinajstić information content (AvgIpc) is 2.84. The number of esters is 1. The molecule has 0 bridgehead atoms. The summed E-state index contributed by atoms with van der Waals surface area (Å²) in [5.41, 5.74) is 8.75. The molecule has 1 amide bonds. The summed E-state index contributed by atoms with van der Waals surface area (Å²) in [7, 11) is 1.25. The van der Waals surface area contributed by atoms with E-state index in [1.165, 1.54) is 24.3 Å². The lowest BCUT2D eigenvalue weighted by atomic mass is 10.1. The molecule has 1 saturated heterocycles. The van der Waals surface area contributed by atoms with Gasteiger partial charge in [0.25, 0.3) is 0 Å². The molecule has 2 heterocycles. The fourth-order valence-corrected chi connectivity index (χ4v) is 2.49. The van der Waals surface area contributed by atoms with Crippen molar-refractivity contribution in [2.75, 3.05) is 25.1 Å². The second-order valence-corrected chi connectivity index (χ2v) is 4.84. The molecular weight excluding hydrogens is 298 g/mol. The normalized spacial score (nSPS) is 17.5. The van der Waals surface area contributed by atoms with Crippen molar-refractivity contribution in [1.29, 1.82) is 0 Å². The number of carbonyl (C=O) groups excluding carboxylic acids is 2. The van der Waals surface area contributed by atoms with Crippen molar-refractivity contribution < 1.29 is 14.3 Å². The van der Waals surface area contributed by atoms with Crippen molar-refractivity contribution in [3.05, 3.63) is 33.4 Å². The number of pyridine rings is 1. The molecule has 1 aliphatic rings. The van der Waals surface area contributed by atoms with Gasteiger partial charge in [-0.3, -0.25) is 4.79 Å². The van der Waals surface area contributed by atoms with Gasteiger partial charge in [-0.2, -0.15) is 0 Å². The first-order chi connectivity index (χ1) is 10.1. The third-order valence-corrected chi connectivity index (χ3v) is 3.44. The van der Waals surface area contributed by atoms with E-state index < -0.39 is 5.97 Å². The molecule has 8 nitrogen and oxygen atoms in total. The lowest BCUT2D eigenvalue weighted by Gasteiger charge is -2.20. The Morgan fingerprint density at radius 1 is 1.71 bits per heavy atom. The number of ether oxygens (including phenoxy) is 1. The SMILES string of the molecule is COC(=O)c1ccnc(Cl)c1N1CC(CN=[N+]=[N-])CC1=O. The molecule has 0 aromatic carbocycles. The number of hydrogen-bond donors (Lipinski definition) is 0. The van der Waals surface area contributed by atoms with Gasteiger partial charge in [0.1, 0.15) is 0 Å². The Kier molecular flexibility index (Phi) is 4.62. The Balaban J connectivity index is 2.35. The molecule has 0 N–H and O–H groups in total. The van der Waals surface area contributed by atoms with Crippen molar-refractivity contribution >= 4 is 29.2 Å². The van der Waals surface area contributed by atoms with Crippen molar-refractivity contribution in [1.82, 2.24) is 4.98 Å². The zero-order valence-electron chi connectivity index (χ0n) is 11.2. The summed E-state index contributed by atoms with van der Waals surface area (Å²) in [4.78, 5) is 31.9. The number of amides is 1. The van der Waals surface area contributed by atoms with Crippen LogP contribution < -0.4 is 4.90 Å². The zero-order valence-corrected chi connectivity index (χ0v) is 11.9. The van der Waals surface area contributed by atoms with Gasteiger partial charge >= 0.3 is 5.97 Å². The number of nitrogens with zero attached hydrogens (tertiary/aromatic N) is 5. The van der Waals surface area contributed by atoms with Gasteiger partial charge in [-0.15, -0.1) is 0 Å². The summed E-state index contributed by atoms with van der Waals surface area (Å²) < 4.78 is 4.69. The number of azide groups is 1. The second kappa shape index (κ2) is 6.43. The summed E-state index contributed by atoms with van der Waals surface area (Å²) in [6, 6.07) is 1.45. The summed E-state index contributed by atoms with van der Waals surface area (Å²) in [5.74, 6) is -0.913. The largest absolute Gasteiger partial charge is 0.465 e. The van der Waals surface area contributed by atoms with E-state index in [2.05, 4.69) is 19.7 Å². The third-order valence-electron chi connectivity index (χ3n) is 3.16. The van der Waals surface area contributed by atoms with Crippen molar-refractivity contribution in [3.8, 4) is 0 Å². The molecule has 1 fully saturated rings. The van der Waals surface area contributed by atoms with E-state index in [-0.39, 0.29) is 41.2 Å². The predicted molar refractivity (Wildman–Crippen MR) is 75.1 cm³/mol. The summed E-state index contributed by atoms with van der Waals surface area (Å²) in [5, 5.41) is 3.53. The fraction of sp³-hybridized carbons (Fsp3) is 0.417. The van der Waals surface area contributed by atoms with Crippen LogP contribution in [0.4, 0.5) is 5.69 Å². The molecule has 0 aliphatic carbocycles. The number of halogens is 1. The Bertz CT molecular complexity index is 629. The van der Waals surface area contributed by atoms with E-state index in [1.807, 2.05) is 0 Å². The highest BCUT2D eigenvalue weighted by molar-refractivity contribution is 6.33. The van der Waals surface area contributed by atoms with Gasteiger partial charge in [-0.25, -0.2) is 9.78 Å². The first kappa shape index (κ1) is 15.1. The standard InChI is InChI=1S/C12H12ClN5O3/c1-21-12(20)8-2-3-15-11(13)10(8)18-6-7(4-9(18)19)5-16-17-14/h2-3,7H,4-6H2,1H3. The molecule has 9 heteroatoms. The smallest absolute Gasteiger partial charge is 0.340 e. The minimum Gasteiger partial charge on any atom is -0.465 e. The number of aromatic nitrogens is 1. The number of rotatable bonds is 4. The van der Waals surface area contributed by atoms with Crippen molar-refractivity contribution in [2.45, 2.75) is 6.42 Å². The van der Waals surface area contributed by atoms with Crippen LogP contribution in [0, 0.1) is 5.92 Å². The lowest BCUT2D eigenvalue weighted by molar-refractivity contribution is -0.117. The molecular formula is C12H12ClN5O3.